The highest BCUT2D eigenvalue weighted by Crippen LogP contribution is 2.55. The normalized spacial score (nSPS) is 38.6. The molecule has 0 aromatic rings. The molecular weight excluding hydrogens is 200 g/mol. The Labute approximate surface area is 98.7 Å². The van der Waals surface area contributed by atoms with E-state index in [1.165, 1.54) is 44.9 Å². The Hall–Kier alpha value is -0.0800. The van der Waals surface area contributed by atoms with Gasteiger partial charge in [0, 0.05) is 13.2 Å². The molecule has 1 saturated heterocycles. The maximum absolute atomic E-state index is 5.75. The minimum atomic E-state index is 0.118. The molecule has 92 valence electrons. The van der Waals surface area contributed by atoms with Gasteiger partial charge in [0.15, 0.2) is 6.29 Å². The van der Waals surface area contributed by atoms with Gasteiger partial charge in [0.05, 0.1) is 0 Å². The van der Waals surface area contributed by atoms with Crippen molar-refractivity contribution in [1.29, 1.82) is 0 Å². The van der Waals surface area contributed by atoms with Gasteiger partial charge in [-0.3, -0.25) is 0 Å². The Kier molecular flexibility index (Phi) is 3.49. The van der Waals surface area contributed by atoms with E-state index in [-0.39, 0.29) is 6.29 Å². The summed E-state index contributed by atoms with van der Waals surface area (Å²) < 4.78 is 11.3. The van der Waals surface area contributed by atoms with Crippen LogP contribution >= 0.6 is 0 Å². The molecule has 0 radical (unpaired) electrons. The minimum Gasteiger partial charge on any atom is -0.353 e. The van der Waals surface area contributed by atoms with Crippen molar-refractivity contribution in [2.45, 2.75) is 57.7 Å². The van der Waals surface area contributed by atoms with Crippen LogP contribution in [0.5, 0.6) is 0 Å². The van der Waals surface area contributed by atoms with Crippen molar-refractivity contribution in [3.63, 3.8) is 0 Å². The van der Waals surface area contributed by atoms with E-state index in [9.17, 15) is 0 Å². The molecule has 3 aliphatic rings. The highest BCUT2D eigenvalue weighted by atomic mass is 16.7. The Morgan fingerprint density at radius 1 is 1.12 bits per heavy atom. The molecule has 3 rings (SSSR count). The van der Waals surface area contributed by atoms with Crippen LogP contribution in [0.3, 0.4) is 0 Å². The summed E-state index contributed by atoms with van der Waals surface area (Å²) in [6.07, 6.45) is 10.9. The van der Waals surface area contributed by atoms with Crippen LogP contribution in [0.25, 0.3) is 0 Å². The van der Waals surface area contributed by atoms with E-state index >= 15 is 0 Å². The van der Waals surface area contributed by atoms with Crippen molar-refractivity contribution in [3.8, 4) is 0 Å². The topological polar surface area (TPSA) is 18.5 Å². The summed E-state index contributed by atoms with van der Waals surface area (Å²) in [7, 11) is 0. The summed E-state index contributed by atoms with van der Waals surface area (Å²) in [5, 5.41) is 0. The molecule has 3 atom stereocenters. The fourth-order valence-electron chi connectivity index (χ4n) is 3.11. The third kappa shape index (κ3) is 2.98. The van der Waals surface area contributed by atoms with Gasteiger partial charge in [-0.05, 0) is 69.1 Å². The molecule has 2 nitrogen and oxygen atoms in total. The van der Waals surface area contributed by atoms with Gasteiger partial charge in [-0.25, -0.2) is 0 Å². The number of hydrogen-bond donors (Lipinski definition) is 0. The maximum Gasteiger partial charge on any atom is 0.157 e. The first kappa shape index (κ1) is 11.0. The second kappa shape index (κ2) is 5.05. The summed E-state index contributed by atoms with van der Waals surface area (Å²) in [6, 6.07) is 0. The molecule has 2 saturated carbocycles. The molecule has 0 N–H and O–H groups in total. The molecule has 1 unspecified atom stereocenters. The molecular formula is C14H24O2. The van der Waals surface area contributed by atoms with E-state index in [4.69, 9.17) is 9.47 Å². The SMILES string of the molecule is C1CCC(OCCC[C@@H]2C[C@H]2C2CC2)OC1. The molecule has 0 aromatic heterocycles. The van der Waals surface area contributed by atoms with Gasteiger partial charge in [0.1, 0.15) is 0 Å². The average Bonchev–Trinajstić information content (AvgIpc) is 3.16. The standard InChI is InChI=1S/C14H24O2/c1-2-8-15-14(5-1)16-9-3-4-12-10-13(12)11-6-7-11/h11-14H,1-10H2/t12-,13+,14?/m1/s1. The molecule has 16 heavy (non-hydrogen) atoms. The highest BCUT2D eigenvalue weighted by Gasteiger charge is 2.46. The van der Waals surface area contributed by atoms with Crippen molar-refractivity contribution in [1.82, 2.24) is 0 Å². The zero-order valence-corrected chi connectivity index (χ0v) is 10.2. The first-order chi connectivity index (χ1) is 7.93. The highest BCUT2D eigenvalue weighted by molar-refractivity contribution is 4.96. The zero-order valence-electron chi connectivity index (χ0n) is 10.2. The van der Waals surface area contributed by atoms with Gasteiger partial charge in [0.25, 0.3) is 0 Å². The smallest absolute Gasteiger partial charge is 0.157 e. The Balaban J connectivity index is 1.21. The second-order valence-electron chi connectivity index (χ2n) is 5.81. The van der Waals surface area contributed by atoms with Crippen LogP contribution in [0.4, 0.5) is 0 Å². The van der Waals surface area contributed by atoms with Crippen LogP contribution in [0.15, 0.2) is 0 Å². The summed E-state index contributed by atoms with van der Waals surface area (Å²) in [5.41, 5.74) is 0. The zero-order chi connectivity index (χ0) is 10.8. The number of hydrogen-bond acceptors (Lipinski definition) is 2. The van der Waals surface area contributed by atoms with Crippen LogP contribution in [0.1, 0.15) is 51.4 Å². The van der Waals surface area contributed by atoms with Crippen molar-refractivity contribution in [2.75, 3.05) is 13.2 Å². The lowest BCUT2D eigenvalue weighted by Gasteiger charge is -2.22. The number of ether oxygens (including phenoxy) is 2. The summed E-state index contributed by atoms with van der Waals surface area (Å²) in [4.78, 5) is 0. The molecule has 0 bridgehead atoms. The van der Waals surface area contributed by atoms with Gasteiger partial charge in [-0.15, -0.1) is 0 Å². The van der Waals surface area contributed by atoms with E-state index in [2.05, 4.69) is 0 Å². The maximum atomic E-state index is 5.75. The molecule has 1 aliphatic heterocycles. The van der Waals surface area contributed by atoms with E-state index in [1.807, 2.05) is 0 Å². The van der Waals surface area contributed by atoms with E-state index in [0.29, 0.717) is 0 Å². The summed E-state index contributed by atoms with van der Waals surface area (Å²) in [6.45, 7) is 1.82. The van der Waals surface area contributed by atoms with Gasteiger partial charge in [0.2, 0.25) is 0 Å². The monoisotopic (exact) mass is 224 g/mol. The molecule has 2 aliphatic carbocycles. The largest absolute Gasteiger partial charge is 0.353 e. The third-order valence-corrected chi connectivity index (χ3v) is 4.37. The molecule has 1 heterocycles. The van der Waals surface area contributed by atoms with Crippen molar-refractivity contribution < 1.29 is 9.47 Å². The lowest BCUT2D eigenvalue weighted by Crippen LogP contribution is -2.22. The first-order valence-electron chi connectivity index (χ1n) is 7.16. The average molecular weight is 224 g/mol. The Morgan fingerprint density at radius 2 is 2.06 bits per heavy atom. The van der Waals surface area contributed by atoms with Crippen LogP contribution in [-0.2, 0) is 9.47 Å². The van der Waals surface area contributed by atoms with Gasteiger partial charge >= 0.3 is 0 Å². The second-order valence-corrected chi connectivity index (χ2v) is 5.81. The van der Waals surface area contributed by atoms with Gasteiger partial charge in [-0.1, -0.05) is 0 Å². The van der Waals surface area contributed by atoms with Crippen molar-refractivity contribution in [2.24, 2.45) is 17.8 Å². The summed E-state index contributed by atoms with van der Waals surface area (Å²) in [5.74, 6) is 3.31. The predicted molar refractivity (Wildman–Crippen MR) is 63.1 cm³/mol. The van der Waals surface area contributed by atoms with Crippen LogP contribution in [0.2, 0.25) is 0 Å². The lowest BCUT2D eigenvalue weighted by atomic mass is 10.1. The Morgan fingerprint density at radius 3 is 2.81 bits per heavy atom. The van der Waals surface area contributed by atoms with Gasteiger partial charge < -0.3 is 9.47 Å². The van der Waals surface area contributed by atoms with Crippen molar-refractivity contribution in [3.05, 3.63) is 0 Å². The van der Waals surface area contributed by atoms with Crippen LogP contribution < -0.4 is 0 Å². The number of rotatable bonds is 6. The molecule has 0 amide bonds. The van der Waals surface area contributed by atoms with E-state index in [1.54, 1.807) is 0 Å². The van der Waals surface area contributed by atoms with Crippen LogP contribution in [0, 0.1) is 17.8 Å². The van der Waals surface area contributed by atoms with Gasteiger partial charge in [-0.2, -0.15) is 0 Å². The van der Waals surface area contributed by atoms with Crippen molar-refractivity contribution >= 4 is 0 Å². The third-order valence-electron chi connectivity index (χ3n) is 4.37. The predicted octanol–water partition coefficient (Wildman–Crippen LogP) is 3.36. The van der Waals surface area contributed by atoms with E-state index in [0.717, 1.165) is 37.4 Å². The molecule has 3 fully saturated rings. The lowest BCUT2D eigenvalue weighted by molar-refractivity contribution is -0.162. The molecule has 0 spiro atoms. The van der Waals surface area contributed by atoms with Crippen LogP contribution in [-0.4, -0.2) is 19.5 Å². The molecule has 2 heteroatoms. The summed E-state index contributed by atoms with van der Waals surface area (Å²) >= 11 is 0. The first-order valence-corrected chi connectivity index (χ1v) is 7.16. The molecule has 0 aromatic carbocycles. The Bertz CT molecular complexity index is 219. The van der Waals surface area contributed by atoms with E-state index < -0.39 is 0 Å². The fraction of sp³-hybridized carbons (Fsp3) is 1.00. The quantitative estimate of drug-likeness (QED) is 0.644. The fourth-order valence-corrected chi connectivity index (χ4v) is 3.11. The minimum absolute atomic E-state index is 0.118.